The van der Waals surface area contributed by atoms with Gasteiger partial charge in [-0.05, 0) is 55.0 Å². The summed E-state index contributed by atoms with van der Waals surface area (Å²) in [7, 11) is 2.88. The molecule has 180 valence electrons. The zero-order valence-corrected chi connectivity index (χ0v) is 19.5. The van der Waals surface area contributed by atoms with E-state index in [9.17, 15) is 14.9 Å². The molecular weight excluding hydrogens is 452 g/mol. The Bertz CT molecular complexity index is 1230. The number of amides is 1. The zero-order valence-electron chi connectivity index (χ0n) is 19.5. The minimum absolute atomic E-state index is 0.109. The van der Waals surface area contributed by atoms with Crippen LogP contribution < -0.4 is 24.3 Å². The van der Waals surface area contributed by atoms with E-state index < -0.39 is 11.9 Å². The predicted octanol–water partition coefficient (Wildman–Crippen LogP) is 4.14. The van der Waals surface area contributed by atoms with Crippen LogP contribution in [0.15, 0.2) is 64.8 Å². The van der Waals surface area contributed by atoms with E-state index in [0.717, 1.165) is 0 Å². The topological polar surface area (TPSA) is 120 Å². The first kappa shape index (κ1) is 24.9. The lowest BCUT2D eigenvalue weighted by Gasteiger charge is -2.14. The van der Waals surface area contributed by atoms with Crippen molar-refractivity contribution in [1.29, 1.82) is 5.26 Å². The number of furan rings is 1. The first-order valence-electron chi connectivity index (χ1n) is 10.6. The van der Waals surface area contributed by atoms with E-state index in [-0.39, 0.29) is 29.2 Å². The molecule has 1 heterocycles. The van der Waals surface area contributed by atoms with Crippen LogP contribution in [0, 0.1) is 11.3 Å². The lowest BCUT2D eigenvalue weighted by atomic mass is 10.1. The number of benzene rings is 2. The normalized spacial score (nSPS) is 10.7. The standard InChI is InChI=1S/C26H24N2O7/c1-4-33-23-14-17(13-18(15-27)25(29)28-16-19-7-6-12-34-19)10-11-20(23)35-26(30)24-21(31-2)8-5-9-22(24)32-3/h5-14H,4,16H2,1-3H3,(H,28,29)/b18-13+. The molecule has 0 saturated carbocycles. The number of carbonyl (C=O) groups is 2. The third-order valence-electron chi connectivity index (χ3n) is 4.78. The number of rotatable bonds is 10. The molecule has 0 radical (unpaired) electrons. The number of ether oxygens (including phenoxy) is 4. The van der Waals surface area contributed by atoms with Crippen molar-refractivity contribution in [2.45, 2.75) is 13.5 Å². The number of esters is 1. The minimum Gasteiger partial charge on any atom is -0.496 e. The van der Waals surface area contributed by atoms with E-state index in [1.54, 1.807) is 49.4 Å². The summed E-state index contributed by atoms with van der Waals surface area (Å²) < 4.78 is 26.9. The highest BCUT2D eigenvalue weighted by atomic mass is 16.6. The third-order valence-corrected chi connectivity index (χ3v) is 4.78. The first-order chi connectivity index (χ1) is 17.0. The Kier molecular flexibility index (Phi) is 8.51. The predicted molar refractivity (Wildman–Crippen MR) is 126 cm³/mol. The van der Waals surface area contributed by atoms with Gasteiger partial charge in [-0.15, -0.1) is 0 Å². The second kappa shape index (κ2) is 12.0. The average molecular weight is 476 g/mol. The van der Waals surface area contributed by atoms with Crippen LogP contribution >= 0.6 is 0 Å². The van der Waals surface area contributed by atoms with Gasteiger partial charge in [0.25, 0.3) is 5.91 Å². The van der Waals surface area contributed by atoms with Crippen LogP contribution in [-0.2, 0) is 11.3 Å². The number of hydrogen-bond donors (Lipinski definition) is 1. The maximum atomic E-state index is 12.9. The van der Waals surface area contributed by atoms with Crippen molar-refractivity contribution in [3.8, 4) is 29.1 Å². The minimum atomic E-state index is -0.696. The van der Waals surface area contributed by atoms with Crippen LogP contribution in [0.25, 0.3) is 6.08 Å². The number of hydrogen-bond acceptors (Lipinski definition) is 8. The second-order valence-electron chi connectivity index (χ2n) is 7.00. The van der Waals surface area contributed by atoms with E-state index in [2.05, 4.69) is 5.32 Å². The van der Waals surface area contributed by atoms with Gasteiger partial charge in [0.2, 0.25) is 0 Å². The Morgan fingerprint density at radius 3 is 2.37 bits per heavy atom. The third kappa shape index (κ3) is 6.21. The Balaban J connectivity index is 1.84. The molecule has 0 aliphatic heterocycles. The van der Waals surface area contributed by atoms with E-state index in [1.165, 1.54) is 32.6 Å². The largest absolute Gasteiger partial charge is 0.496 e. The Hall–Kier alpha value is -4.71. The van der Waals surface area contributed by atoms with Gasteiger partial charge in [-0.2, -0.15) is 5.26 Å². The highest BCUT2D eigenvalue weighted by molar-refractivity contribution is 6.01. The molecule has 3 rings (SSSR count). The maximum absolute atomic E-state index is 12.9. The van der Waals surface area contributed by atoms with Crippen molar-refractivity contribution in [2.24, 2.45) is 0 Å². The summed E-state index contributed by atoms with van der Waals surface area (Å²) >= 11 is 0. The van der Waals surface area contributed by atoms with E-state index in [1.807, 2.05) is 6.07 Å². The van der Waals surface area contributed by atoms with Gasteiger partial charge in [0.05, 0.1) is 33.6 Å². The van der Waals surface area contributed by atoms with Gasteiger partial charge in [-0.25, -0.2) is 4.79 Å². The lowest BCUT2D eigenvalue weighted by molar-refractivity contribution is -0.117. The number of nitriles is 1. The molecule has 0 fully saturated rings. The Morgan fingerprint density at radius 1 is 1.03 bits per heavy atom. The van der Waals surface area contributed by atoms with Crippen LogP contribution in [0.4, 0.5) is 0 Å². The number of nitrogens with one attached hydrogen (secondary N) is 1. The molecule has 0 aliphatic rings. The summed E-state index contributed by atoms with van der Waals surface area (Å²) in [6.45, 7) is 2.22. The second-order valence-corrected chi connectivity index (χ2v) is 7.00. The van der Waals surface area contributed by atoms with Gasteiger partial charge in [-0.1, -0.05) is 12.1 Å². The molecule has 0 spiro atoms. The van der Waals surface area contributed by atoms with Crippen LogP contribution in [0.3, 0.4) is 0 Å². The van der Waals surface area contributed by atoms with Crippen molar-refractivity contribution in [2.75, 3.05) is 20.8 Å². The van der Waals surface area contributed by atoms with Crippen LogP contribution in [0.1, 0.15) is 28.6 Å². The van der Waals surface area contributed by atoms with Crippen molar-refractivity contribution in [3.63, 3.8) is 0 Å². The van der Waals surface area contributed by atoms with Crippen molar-refractivity contribution < 1.29 is 33.0 Å². The summed E-state index contributed by atoms with van der Waals surface area (Å²) in [6, 6.07) is 14.9. The number of nitrogens with zero attached hydrogens (tertiary/aromatic N) is 1. The maximum Gasteiger partial charge on any atom is 0.351 e. The van der Waals surface area contributed by atoms with Crippen LogP contribution in [0.5, 0.6) is 23.0 Å². The summed E-state index contributed by atoms with van der Waals surface area (Å²) in [4.78, 5) is 25.4. The highest BCUT2D eigenvalue weighted by Crippen LogP contribution is 2.33. The zero-order chi connectivity index (χ0) is 25.2. The fourth-order valence-electron chi connectivity index (χ4n) is 3.16. The molecule has 0 unspecified atom stereocenters. The molecule has 9 heteroatoms. The summed E-state index contributed by atoms with van der Waals surface area (Å²) in [5.74, 6) is 0.322. The van der Waals surface area contributed by atoms with Gasteiger partial charge >= 0.3 is 5.97 Å². The number of methoxy groups -OCH3 is 2. The van der Waals surface area contributed by atoms with E-state index >= 15 is 0 Å². The average Bonchev–Trinajstić information content (AvgIpc) is 3.40. The van der Waals surface area contributed by atoms with E-state index in [4.69, 9.17) is 23.4 Å². The Morgan fingerprint density at radius 2 is 1.77 bits per heavy atom. The van der Waals surface area contributed by atoms with Crippen LogP contribution in [0.2, 0.25) is 0 Å². The first-order valence-corrected chi connectivity index (χ1v) is 10.6. The molecular formula is C26H24N2O7. The van der Waals surface area contributed by atoms with Crippen molar-refractivity contribution >= 4 is 18.0 Å². The van der Waals surface area contributed by atoms with Gasteiger partial charge < -0.3 is 28.7 Å². The van der Waals surface area contributed by atoms with Crippen molar-refractivity contribution in [1.82, 2.24) is 5.32 Å². The molecule has 9 nitrogen and oxygen atoms in total. The summed E-state index contributed by atoms with van der Waals surface area (Å²) in [5.41, 5.74) is 0.527. The molecule has 0 aliphatic carbocycles. The molecule has 0 saturated heterocycles. The molecule has 0 bridgehead atoms. The molecule has 35 heavy (non-hydrogen) atoms. The quantitative estimate of drug-likeness (QED) is 0.201. The SMILES string of the molecule is CCOc1cc(/C=C(\C#N)C(=O)NCc2ccco2)ccc1OC(=O)c1c(OC)cccc1OC. The lowest BCUT2D eigenvalue weighted by Crippen LogP contribution is -2.23. The summed E-state index contributed by atoms with van der Waals surface area (Å²) in [5, 5.41) is 12.1. The van der Waals surface area contributed by atoms with Crippen molar-refractivity contribution in [3.05, 3.63) is 77.3 Å². The smallest absolute Gasteiger partial charge is 0.351 e. The molecule has 1 N–H and O–H groups in total. The number of carbonyl (C=O) groups excluding carboxylic acids is 2. The fourth-order valence-corrected chi connectivity index (χ4v) is 3.16. The van der Waals surface area contributed by atoms with Gasteiger partial charge in [-0.3, -0.25) is 4.79 Å². The molecule has 3 aromatic rings. The van der Waals surface area contributed by atoms with Crippen LogP contribution in [-0.4, -0.2) is 32.7 Å². The molecule has 2 aromatic carbocycles. The van der Waals surface area contributed by atoms with E-state index in [0.29, 0.717) is 29.4 Å². The molecule has 1 amide bonds. The monoisotopic (exact) mass is 476 g/mol. The summed E-state index contributed by atoms with van der Waals surface area (Å²) in [6.07, 6.45) is 2.91. The van der Waals surface area contributed by atoms with Gasteiger partial charge in [0, 0.05) is 0 Å². The molecule has 0 atom stereocenters. The van der Waals surface area contributed by atoms with Gasteiger partial charge in [0.15, 0.2) is 11.5 Å². The molecule has 1 aromatic heterocycles. The fraction of sp³-hybridized carbons (Fsp3) is 0.192. The van der Waals surface area contributed by atoms with Gasteiger partial charge in [0.1, 0.15) is 34.5 Å². The highest BCUT2D eigenvalue weighted by Gasteiger charge is 2.22. The Labute approximate surface area is 202 Å².